The number of hydrogen-bond donors (Lipinski definition) is 2. The Morgan fingerprint density at radius 1 is 1.59 bits per heavy atom. The standard InChI is InChI=1S/C12H13NO3S/c1-8(11-3-2-6-17-11)13-7-10-9(12(14)15)4-5-16-10/h2-6,8,13H,7H2,1H3,(H,14,15)/t8-/m0/s1. The second-order valence-electron chi connectivity index (χ2n) is 3.68. The Bertz CT molecular complexity index is 490. The Hall–Kier alpha value is -1.59. The lowest BCUT2D eigenvalue weighted by atomic mass is 10.2. The van der Waals surface area contributed by atoms with Crippen LogP contribution in [0.2, 0.25) is 0 Å². The Labute approximate surface area is 103 Å². The van der Waals surface area contributed by atoms with Gasteiger partial charge in [0.05, 0.1) is 12.8 Å². The monoisotopic (exact) mass is 251 g/mol. The minimum absolute atomic E-state index is 0.182. The highest BCUT2D eigenvalue weighted by Gasteiger charge is 2.14. The molecule has 17 heavy (non-hydrogen) atoms. The number of rotatable bonds is 5. The van der Waals surface area contributed by atoms with Crippen molar-refractivity contribution in [1.29, 1.82) is 0 Å². The maximum absolute atomic E-state index is 10.9. The molecule has 0 saturated heterocycles. The normalized spacial score (nSPS) is 12.5. The molecular weight excluding hydrogens is 238 g/mol. The molecule has 0 amide bonds. The number of carboxylic acid groups (broad SMARTS) is 1. The molecular formula is C12H13NO3S. The smallest absolute Gasteiger partial charge is 0.339 e. The summed E-state index contributed by atoms with van der Waals surface area (Å²) in [6.45, 7) is 2.45. The number of carboxylic acids is 1. The maximum Gasteiger partial charge on any atom is 0.339 e. The molecule has 5 heteroatoms. The van der Waals surface area contributed by atoms with Crippen molar-refractivity contribution >= 4 is 17.3 Å². The maximum atomic E-state index is 10.9. The van der Waals surface area contributed by atoms with Gasteiger partial charge in [0.15, 0.2) is 0 Å². The lowest BCUT2D eigenvalue weighted by Crippen LogP contribution is -2.18. The van der Waals surface area contributed by atoms with E-state index in [-0.39, 0.29) is 11.6 Å². The minimum Gasteiger partial charge on any atom is -0.478 e. The van der Waals surface area contributed by atoms with Crippen molar-refractivity contribution in [2.45, 2.75) is 19.5 Å². The van der Waals surface area contributed by atoms with Gasteiger partial charge >= 0.3 is 5.97 Å². The van der Waals surface area contributed by atoms with Crippen LogP contribution in [0.5, 0.6) is 0 Å². The summed E-state index contributed by atoms with van der Waals surface area (Å²) >= 11 is 1.67. The summed E-state index contributed by atoms with van der Waals surface area (Å²) in [5.41, 5.74) is 0.218. The molecule has 2 N–H and O–H groups in total. The highest BCUT2D eigenvalue weighted by Crippen LogP contribution is 2.19. The molecule has 0 fully saturated rings. The third kappa shape index (κ3) is 2.75. The molecule has 90 valence electrons. The zero-order chi connectivity index (χ0) is 12.3. The minimum atomic E-state index is -0.959. The Balaban J connectivity index is 1.98. The fourth-order valence-electron chi connectivity index (χ4n) is 1.55. The van der Waals surface area contributed by atoms with Crippen LogP contribution in [-0.4, -0.2) is 11.1 Å². The Kier molecular flexibility index (Phi) is 3.61. The van der Waals surface area contributed by atoms with E-state index in [2.05, 4.69) is 5.32 Å². The average molecular weight is 251 g/mol. The first-order chi connectivity index (χ1) is 8.18. The van der Waals surface area contributed by atoms with Gasteiger partial charge in [0.1, 0.15) is 11.3 Å². The van der Waals surface area contributed by atoms with Gasteiger partial charge < -0.3 is 14.8 Å². The second-order valence-corrected chi connectivity index (χ2v) is 4.66. The molecule has 0 aliphatic carbocycles. The number of nitrogens with one attached hydrogen (secondary N) is 1. The molecule has 1 atom stereocenters. The molecule has 2 rings (SSSR count). The van der Waals surface area contributed by atoms with Gasteiger partial charge in [-0.1, -0.05) is 6.07 Å². The fourth-order valence-corrected chi connectivity index (χ4v) is 2.31. The zero-order valence-electron chi connectivity index (χ0n) is 9.34. The van der Waals surface area contributed by atoms with Gasteiger partial charge in [-0.25, -0.2) is 4.79 Å². The predicted molar refractivity (Wildman–Crippen MR) is 65.2 cm³/mol. The molecule has 0 bridgehead atoms. The Morgan fingerprint density at radius 3 is 3.06 bits per heavy atom. The zero-order valence-corrected chi connectivity index (χ0v) is 10.2. The largest absolute Gasteiger partial charge is 0.478 e. The summed E-state index contributed by atoms with van der Waals surface area (Å²) in [7, 11) is 0. The van der Waals surface area contributed by atoms with Crippen LogP contribution in [-0.2, 0) is 6.54 Å². The third-order valence-corrected chi connectivity index (χ3v) is 3.57. The summed E-state index contributed by atoms with van der Waals surface area (Å²) in [5.74, 6) is -0.500. The topological polar surface area (TPSA) is 62.5 Å². The van der Waals surface area contributed by atoms with E-state index >= 15 is 0 Å². The van der Waals surface area contributed by atoms with Crippen LogP contribution in [0, 0.1) is 0 Å². The van der Waals surface area contributed by atoms with Crippen molar-refractivity contribution in [1.82, 2.24) is 5.32 Å². The molecule has 0 aliphatic heterocycles. The lowest BCUT2D eigenvalue weighted by molar-refractivity contribution is 0.0694. The van der Waals surface area contributed by atoms with Crippen molar-refractivity contribution in [2.24, 2.45) is 0 Å². The third-order valence-electron chi connectivity index (χ3n) is 2.51. The van der Waals surface area contributed by atoms with E-state index in [0.29, 0.717) is 12.3 Å². The lowest BCUT2D eigenvalue weighted by Gasteiger charge is -2.10. The molecule has 0 aromatic carbocycles. The van der Waals surface area contributed by atoms with Gasteiger partial charge in [-0.2, -0.15) is 0 Å². The van der Waals surface area contributed by atoms with Crippen molar-refractivity contribution in [3.05, 3.63) is 46.0 Å². The number of thiophene rings is 1. The van der Waals surface area contributed by atoms with Crippen molar-refractivity contribution < 1.29 is 14.3 Å². The van der Waals surface area contributed by atoms with Crippen LogP contribution in [0.1, 0.15) is 34.0 Å². The number of aromatic carboxylic acids is 1. The Morgan fingerprint density at radius 2 is 2.41 bits per heavy atom. The van der Waals surface area contributed by atoms with Crippen molar-refractivity contribution in [3.8, 4) is 0 Å². The van der Waals surface area contributed by atoms with Gasteiger partial charge in [0.2, 0.25) is 0 Å². The summed E-state index contributed by atoms with van der Waals surface area (Å²) in [4.78, 5) is 12.1. The predicted octanol–water partition coefficient (Wildman–Crippen LogP) is 2.89. The molecule has 0 spiro atoms. The molecule has 2 heterocycles. The van der Waals surface area contributed by atoms with E-state index in [4.69, 9.17) is 9.52 Å². The number of hydrogen-bond acceptors (Lipinski definition) is 4. The second kappa shape index (κ2) is 5.16. The van der Waals surface area contributed by atoms with Crippen LogP contribution in [0.3, 0.4) is 0 Å². The van der Waals surface area contributed by atoms with E-state index in [1.165, 1.54) is 17.2 Å². The average Bonchev–Trinajstić information content (AvgIpc) is 2.96. The van der Waals surface area contributed by atoms with E-state index in [1.807, 2.05) is 24.4 Å². The van der Waals surface area contributed by atoms with E-state index in [0.717, 1.165) is 0 Å². The molecule has 2 aromatic heterocycles. The van der Waals surface area contributed by atoms with Gasteiger partial charge in [-0.15, -0.1) is 11.3 Å². The highest BCUT2D eigenvalue weighted by molar-refractivity contribution is 7.10. The summed E-state index contributed by atoms with van der Waals surface area (Å²) in [5, 5.41) is 14.2. The van der Waals surface area contributed by atoms with E-state index < -0.39 is 5.97 Å². The molecule has 0 aliphatic rings. The van der Waals surface area contributed by atoms with Gasteiger partial charge in [-0.05, 0) is 24.4 Å². The van der Waals surface area contributed by atoms with Gasteiger partial charge in [0, 0.05) is 10.9 Å². The van der Waals surface area contributed by atoms with Crippen LogP contribution >= 0.6 is 11.3 Å². The van der Waals surface area contributed by atoms with E-state index in [9.17, 15) is 4.79 Å². The van der Waals surface area contributed by atoms with E-state index in [1.54, 1.807) is 11.3 Å². The fraction of sp³-hybridized carbons (Fsp3) is 0.250. The van der Waals surface area contributed by atoms with Crippen LogP contribution < -0.4 is 5.32 Å². The molecule has 0 unspecified atom stereocenters. The van der Waals surface area contributed by atoms with Crippen LogP contribution in [0.25, 0.3) is 0 Å². The summed E-state index contributed by atoms with van der Waals surface area (Å²) in [6.07, 6.45) is 1.40. The first kappa shape index (κ1) is 11.9. The van der Waals surface area contributed by atoms with Crippen molar-refractivity contribution in [3.63, 3.8) is 0 Å². The van der Waals surface area contributed by atoms with Crippen molar-refractivity contribution in [2.75, 3.05) is 0 Å². The SMILES string of the molecule is C[C@H](NCc1occc1C(=O)O)c1cccs1. The molecule has 4 nitrogen and oxygen atoms in total. The summed E-state index contributed by atoms with van der Waals surface area (Å²) < 4.78 is 5.15. The molecule has 0 radical (unpaired) electrons. The van der Waals surface area contributed by atoms with Gasteiger partial charge in [-0.3, -0.25) is 0 Å². The number of carbonyl (C=O) groups is 1. The quantitative estimate of drug-likeness (QED) is 0.857. The van der Waals surface area contributed by atoms with Crippen LogP contribution in [0.15, 0.2) is 34.3 Å². The van der Waals surface area contributed by atoms with Crippen LogP contribution in [0.4, 0.5) is 0 Å². The summed E-state index contributed by atoms with van der Waals surface area (Å²) in [6, 6.07) is 5.69. The first-order valence-electron chi connectivity index (χ1n) is 5.25. The first-order valence-corrected chi connectivity index (χ1v) is 6.13. The molecule has 0 saturated carbocycles. The highest BCUT2D eigenvalue weighted by atomic mass is 32.1. The van der Waals surface area contributed by atoms with Gasteiger partial charge in [0.25, 0.3) is 0 Å². The molecule has 2 aromatic rings. The number of furan rings is 1.